The summed E-state index contributed by atoms with van der Waals surface area (Å²) < 4.78 is 50.2. The van der Waals surface area contributed by atoms with E-state index in [0.717, 1.165) is 0 Å². The predicted molar refractivity (Wildman–Crippen MR) is 94.7 cm³/mol. The van der Waals surface area contributed by atoms with Gasteiger partial charge < -0.3 is 9.15 Å². The van der Waals surface area contributed by atoms with E-state index in [1.165, 1.54) is 48.7 Å². The Morgan fingerprint density at radius 2 is 1.85 bits per heavy atom. The maximum atomic E-state index is 13.1. The van der Waals surface area contributed by atoms with Crippen molar-refractivity contribution in [3.8, 4) is 0 Å². The van der Waals surface area contributed by atoms with Crippen molar-refractivity contribution in [2.24, 2.45) is 0 Å². The van der Waals surface area contributed by atoms with Gasteiger partial charge in [-0.25, -0.2) is 22.3 Å². The third kappa shape index (κ3) is 5.02. The molecule has 0 fully saturated rings. The van der Waals surface area contributed by atoms with Crippen LogP contribution in [0.15, 0.2) is 76.2 Å². The third-order valence-electron chi connectivity index (χ3n) is 3.68. The number of benzene rings is 2. The Balaban J connectivity index is 1.61. The first-order chi connectivity index (χ1) is 12.9. The summed E-state index contributed by atoms with van der Waals surface area (Å²) in [7, 11) is -3.74. The van der Waals surface area contributed by atoms with E-state index < -0.39 is 21.8 Å². The highest BCUT2D eigenvalue weighted by molar-refractivity contribution is 7.89. The van der Waals surface area contributed by atoms with Gasteiger partial charge in [-0.05, 0) is 54.1 Å². The minimum atomic E-state index is -3.74. The molecule has 0 unspecified atom stereocenters. The fourth-order valence-corrected chi connectivity index (χ4v) is 3.29. The molecule has 0 amide bonds. The highest BCUT2D eigenvalue weighted by atomic mass is 32.2. The molecule has 0 aliphatic carbocycles. The molecule has 140 valence electrons. The molecule has 0 atom stereocenters. The van der Waals surface area contributed by atoms with Crippen LogP contribution in [0.25, 0.3) is 0 Å². The number of ether oxygens (including phenoxy) is 1. The number of carbonyl (C=O) groups excluding carboxylic acids is 1. The minimum Gasteiger partial charge on any atom is -0.468 e. The van der Waals surface area contributed by atoms with Crippen LogP contribution in [0.3, 0.4) is 0 Å². The lowest BCUT2D eigenvalue weighted by molar-refractivity contribution is 0.0472. The van der Waals surface area contributed by atoms with Crippen molar-refractivity contribution in [3.63, 3.8) is 0 Å². The van der Waals surface area contributed by atoms with E-state index in [1.807, 2.05) is 0 Å². The molecule has 6 nitrogen and oxygen atoms in total. The van der Waals surface area contributed by atoms with E-state index in [4.69, 9.17) is 9.15 Å². The van der Waals surface area contributed by atoms with Gasteiger partial charge in [-0.3, -0.25) is 0 Å². The first-order valence-electron chi connectivity index (χ1n) is 7.98. The number of sulfonamides is 1. The fraction of sp³-hybridized carbons (Fsp3) is 0.105. The summed E-state index contributed by atoms with van der Waals surface area (Å²) in [5.74, 6) is -0.567. The van der Waals surface area contributed by atoms with Gasteiger partial charge in [0.1, 0.15) is 18.2 Å². The smallest absolute Gasteiger partial charge is 0.338 e. The molecule has 1 N–H and O–H groups in total. The molecule has 0 spiro atoms. The van der Waals surface area contributed by atoms with Gasteiger partial charge in [0.15, 0.2) is 0 Å². The van der Waals surface area contributed by atoms with Gasteiger partial charge in [0.05, 0.1) is 23.3 Å². The summed E-state index contributed by atoms with van der Waals surface area (Å²) in [4.78, 5) is 12.1. The van der Waals surface area contributed by atoms with Crippen molar-refractivity contribution >= 4 is 16.0 Å². The van der Waals surface area contributed by atoms with Crippen LogP contribution in [0.1, 0.15) is 21.7 Å². The summed E-state index contributed by atoms with van der Waals surface area (Å²) in [6, 6.07) is 14.4. The molecule has 8 heteroatoms. The third-order valence-corrected chi connectivity index (χ3v) is 5.09. The number of hydrogen-bond acceptors (Lipinski definition) is 5. The Kier molecular flexibility index (Phi) is 5.68. The molecule has 3 rings (SSSR count). The van der Waals surface area contributed by atoms with Gasteiger partial charge in [-0.1, -0.05) is 12.1 Å². The molecule has 0 saturated heterocycles. The second-order valence-corrected chi connectivity index (χ2v) is 7.40. The summed E-state index contributed by atoms with van der Waals surface area (Å²) in [5.41, 5.74) is 0.709. The maximum Gasteiger partial charge on any atom is 0.338 e. The Bertz CT molecular complexity index is 1010. The lowest BCUT2D eigenvalue weighted by Crippen LogP contribution is -2.23. The monoisotopic (exact) mass is 389 g/mol. The number of halogens is 1. The molecule has 27 heavy (non-hydrogen) atoms. The molecule has 2 aromatic carbocycles. The molecule has 0 aliphatic heterocycles. The van der Waals surface area contributed by atoms with E-state index >= 15 is 0 Å². The zero-order valence-electron chi connectivity index (χ0n) is 14.1. The van der Waals surface area contributed by atoms with Crippen LogP contribution >= 0.6 is 0 Å². The highest BCUT2D eigenvalue weighted by Gasteiger charge is 2.16. The lowest BCUT2D eigenvalue weighted by Gasteiger charge is -2.07. The zero-order valence-corrected chi connectivity index (χ0v) is 14.9. The van der Waals surface area contributed by atoms with Gasteiger partial charge in [0.2, 0.25) is 10.0 Å². The number of carbonyl (C=O) groups is 1. The number of esters is 1. The molecule has 3 aromatic rings. The average Bonchev–Trinajstić information content (AvgIpc) is 3.18. The van der Waals surface area contributed by atoms with E-state index in [9.17, 15) is 17.6 Å². The van der Waals surface area contributed by atoms with Crippen LogP contribution in [0.2, 0.25) is 0 Å². The van der Waals surface area contributed by atoms with Crippen molar-refractivity contribution in [3.05, 3.63) is 89.6 Å². The zero-order chi connectivity index (χ0) is 19.3. The Morgan fingerprint density at radius 1 is 1.07 bits per heavy atom. The van der Waals surface area contributed by atoms with Gasteiger partial charge in [-0.2, -0.15) is 0 Å². The van der Waals surface area contributed by atoms with Crippen molar-refractivity contribution in [2.45, 2.75) is 18.0 Å². The highest BCUT2D eigenvalue weighted by Crippen LogP contribution is 2.13. The molecule has 1 heterocycles. The Morgan fingerprint density at radius 3 is 2.52 bits per heavy atom. The van der Waals surface area contributed by atoms with Gasteiger partial charge >= 0.3 is 5.97 Å². The normalized spacial score (nSPS) is 11.3. The Hall–Kier alpha value is -2.97. The van der Waals surface area contributed by atoms with Crippen molar-refractivity contribution in [2.75, 3.05) is 0 Å². The van der Waals surface area contributed by atoms with Gasteiger partial charge in [0.25, 0.3) is 0 Å². The SMILES string of the molecule is O=C(OCc1cccc(F)c1)c1ccc(S(=O)(=O)NCc2ccco2)cc1. The molecule has 0 saturated carbocycles. The van der Waals surface area contributed by atoms with Crippen molar-refractivity contribution < 1.29 is 26.8 Å². The quantitative estimate of drug-likeness (QED) is 0.627. The van der Waals surface area contributed by atoms with Crippen LogP contribution < -0.4 is 4.72 Å². The maximum absolute atomic E-state index is 13.1. The molecule has 1 aromatic heterocycles. The lowest BCUT2D eigenvalue weighted by atomic mass is 10.2. The van der Waals surface area contributed by atoms with E-state index in [1.54, 1.807) is 18.2 Å². The predicted octanol–water partition coefficient (Wildman–Crippen LogP) is 3.25. The number of furan rings is 1. The van der Waals surface area contributed by atoms with Gasteiger partial charge in [0, 0.05) is 0 Å². The largest absolute Gasteiger partial charge is 0.468 e. The molecular formula is C19H16FNO5S. The first-order valence-corrected chi connectivity index (χ1v) is 9.46. The summed E-state index contributed by atoms with van der Waals surface area (Å²) in [6.45, 7) is -0.0614. The summed E-state index contributed by atoms with van der Waals surface area (Å²) in [5, 5.41) is 0. The fourth-order valence-electron chi connectivity index (χ4n) is 2.29. The molecule has 0 aliphatic rings. The van der Waals surface area contributed by atoms with Crippen LogP contribution in [0.4, 0.5) is 4.39 Å². The topological polar surface area (TPSA) is 85.6 Å². The van der Waals surface area contributed by atoms with E-state index in [2.05, 4.69) is 4.72 Å². The molecular weight excluding hydrogens is 373 g/mol. The number of rotatable bonds is 7. The van der Waals surface area contributed by atoms with Crippen molar-refractivity contribution in [1.82, 2.24) is 4.72 Å². The standard InChI is InChI=1S/C19H16FNO5S/c20-16-4-1-3-14(11-16)13-26-19(22)15-6-8-18(9-7-15)27(23,24)21-12-17-5-2-10-25-17/h1-11,21H,12-13H2. The second kappa shape index (κ2) is 8.15. The summed E-state index contributed by atoms with van der Waals surface area (Å²) in [6.07, 6.45) is 1.45. The van der Waals surface area contributed by atoms with E-state index in [0.29, 0.717) is 11.3 Å². The van der Waals surface area contributed by atoms with Gasteiger partial charge in [-0.15, -0.1) is 0 Å². The van der Waals surface area contributed by atoms with Crippen LogP contribution in [-0.4, -0.2) is 14.4 Å². The average molecular weight is 389 g/mol. The summed E-state index contributed by atoms with van der Waals surface area (Å²) >= 11 is 0. The molecule has 0 bridgehead atoms. The van der Waals surface area contributed by atoms with Crippen LogP contribution in [-0.2, 0) is 27.9 Å². The molecule has 0 radical (unpaired) electrons. The first kappa shape index (κ1) is 18.8. The van der Waals surface area contributed by atoms with Crippen LogP contribution in [0, 0.1) is 5.82 Å². The van der Waals surface area contributed by atoms with Crippen molar-refractivity contribution in [1.29, 1.82) is 0 Å². The number of nitrogens with one attached hydrogen (secondary N) is 1. The second-order valence-electron chi connectivity index (χ2n) is 5.63. The Labute approximate surface area is 155 Å². The van der Waals surface area contributed by atoms with Crippen LogP contribution in [0.5, 0.6) is 0 Å². The minimum absolute atomic E-state index is 0.00994. The van der Waals surface area contributed by atoms with E-state index in [-0.39, 0.29) is 23.6 Å². The number of hydrogen-bond donors (Lipinski definition) is 1.